The lowest BCUT2D eigenvalue weighted by atomic mass is 9.97. The molecule has 0 bridgehead atoms. The van der Waals surface area contributed by atoms with Crippen LogP contribution in [0.1, 0.15) is 18.4 Å². The summed E-state index contributed by atoms with van der Waals surface area (Å²) in [5.74, 6) is 0.703. The van der Waals surface area contributed by atoms with Crippen molar-refractivity contribution in [3.63, 3.8) is 0 Å². The van der Waals surface area contributed by atoms with Crippen molar-refractivity contribution >= 4 is 23.4 Å². The number of likely N-dealkylation sites (tertiary alicyclic amines) is 1. The molecule has 1 unspecified atom stereocenters. The van der Waals surface area contributed by atoms with Crippen molar-refractivity contribution in [1.29, 1.82) is 0 Å². The third-order valence-electron chi connectivity index (χ3n) is 5.72. The highest BCUT2D eigenvalue weighted by atomic mass is 16.5. The van der Waals surface area contributed by atoms with Gasteiger partial charge >= 0.3 is 6.03 Å². The fourth-order valence-corrected chi connectivity index (χ4v) is 3.97. The number of nitrogens with zero attached hydrogens (tertiary/aromatic N) is 3. The van der Waals surface area contributed by atoms with Crippen molar-refractivity contribution in [3.8, 4) is 0 Å². The lowest BCUT2D eigenvalue weighted by Gasteiger charge is -2.32. The second-order valence-corrected chi connectivity index (χ2v) is 7.92. The monoisotopic (exact) mass is 423 g/mol. The first-order chi connectivity index (χ1) is 15.2. The van der Waals surface area contributed by atoms with Gasteiger partial charge in [0.05, 0.1) is 19.1 Å². The molecule has 0 saturated carbocycles. The van der Waals surface area contributed by atoms with Crippen molar-refractivity contribution in [2.24, 2.45) is 5.92 Å². The molecule has 8 heteroatoms. The molecule has 4 rings (SSSR count). The van der Waals surface area contributed by atoms with Crippen LogP contribution in [0, 0.1) is 5.92 Å². The number of hydrogen-bond donors (Lipinski definition) is 2. The van der Waals surface area contributed by atoms with E-state index >= 15 is 0 Å². The average molecular weight is 424 g/mol. The predicted molar refractivity (Wildman–Crippen MR) is 119 cm³/mol. The zero-order valence-electron chi connectivity index (χ0n) is 17.6. The molecule has 2 aromatic rings. The van der Waals surface area contributed by atoms with Gasteiger partial charge in [0.25, 0.3) is 0 Å². The van der Waals surface area contributed by atoms with Gasteiger partial charge in [-0.15, -0.1) is 0 Å². The molecule has 164 valence electrons. The predicted octanol–water partition coefficient (Wildman–Crippen LogP) is 2.48. The number of carbonyl (C=O) groups excluding carboxylic acids is 2. The third kappa shape index (κ3) is 5.73. The number of pyridine rings is 1. The molecule has 3 amide bonds. The molecule has 2 fully saturated rings. The SMILES string of the molecule is O=C(NCc1ccnc(N2CCOCC2)c1)C1CCCN(C(=O)Nc2ccccc2)C1. The number of benzene rings is 1. The number of nitrogens with one attached hydrogen (secondary N) is 2. The number of hydrogen-bond acceptors (Lipinski definition) is 5. The first-order valence-electron chi connectivity index (χ1n) is 10.9. The van der Waals surface area contributed by atoms with Gasteiger partial charge in [-0.25, -0.2) is 9.78 Å². The lowest BCUT2D eigenvalue weighted by molar-refractivity contribution is -0.126. The third-order valence-corrected chi connectivity index (χ3v) is 5.72. The maximum atomic E-state index is 12.8. The Balaban J connectivity index is 1.29. The topological polar surface area (TPSA) is 86.8 Å². The molecular weight excluding hydrogens is 394 g/mol. The van der Waals surface area contributed by atoms with Crippen molar-refractivity contribution in [1.82, 2.24) is 15.2 Å². The van der Waals surface area contributed by atoms with E-state index in [-0.39, 0.29) is 17.9 Å². The summed E-state index contributed by atoms with van der Waals surface area (Å²) in [7, 11) is 0. The highest BCUT2D eigenvalue weighted by Crippen LogP contribution is 2.19. The highest BCUT2D eigenvalue weighted by Gasteiger charge is 2.28. The molecule has 8 nitrogen and oxygen atoms in total. The molecule has 2 aliphatic rings. The van der Waals surface area contributed by atoms with E-state index in [1.807, 2.05) is 42.5 Å². The van der Waals surface area contributed by atoms with Crippen molar-refractivity contribution in [2.45, 2.75) is 19.4 Å². The first kappa shape index (κ1) is 21.1. The summed E-state index contributed by atoms with van der Waals surface area (Å²) in [5, 5.41) is 5.94. The zero-order valence-corrected chi connectivity index (χ0v) is 17.6. The number of amides is 3. The minimum absolute atomic E-state index is 0.0121. The van der Waals surface area contributed by atoms with E-state index in [9.17, 15) is 9.59 Å². The van der Waals surface area contributed by atoms with Crippen LogP contribution in [0.15, 0.2) is 48.7 Å². The Morgan fingerprint density at radius 2 is 1.90 bits per heavy atom. The van der Waals surface area contributed by atoms with E-state index in [4.69, 9.17) is 4.74 Å². The minimum atomic E-state index is -0.198. The molecule has 0 radical (unpaired) electrons. The molecular formula is C23H29N5O3. The number of urea groups is 1. The summed E-state index contributed by atoms with van der Waals surface area (Å²) in [4.78, 5) is 33.7. The Labute approximate surface area is 182 Å². The maximum absolute atomic E-state index is 12.8. The number of morpholine rings is 1. The molecule has 3 heterocycles. The van der Waals surface area contributed by atoms with Crippen LogP contribution in [0.25, 0.3) is 0 Å². The van der Waals surface area contributed by atoms with Gasteiger partial charge in [0, 0.05) is 44.6 Å². The zero-order chi connectivity index (χ0) is 21.5. The Kier molecular flexibility index (Phi) is 6.99. The van der Waals surface area contributed by atoms with Gasteiger partial charge in [0.15, 0.2) is 0 Å². The Morgan fingerprint density at radius 1 is 1.10 bits per heavy atom. The summed E-state index contributed by atoms with van der Waals surface area (Å²) in [6.45, 7) is 4.61. The van der Waals surface area contributed by atoms with E-state index in [0.717, 1.165) is 43.0 Å². The van der Waals surface area contributed by atoms with Crippen molar-refractivity contribution in [2.75, 3.05) is 49.6 Å². The molecule has 0 spiro atoms. The summed E-state index contributed by atoms with van der Waals surface area (Å²) in [6, 6.07) is 13.2. The maximum Gasteiger partial charge on any atom is 0.321 e. The summed E-state index contributed by atoms with van der Waals surface area (Å²) in [6.07, 6.45) is 3.38. The van der Waals surface area contributed by atoms with Crippen LogP contribution < -0.4 is 15.5 Å². The van der Waals surface area contributed by atoms with E-state index in [1.165, 1.54) is 0 Å². The van der Waals surface area contributed by atoms with Gasteiger partial charge < -0.3 is 25.2 Å². The number of rotatable bonds is 5. The number of aromatic nitrogens is 1. The van der Waals surface area contributed by atoms with Crippen LogP contribution in [0.2, 0.25) is 0 Å². The second-order valence-electron chi connectivity index (χ2n) is 7.92. The van der Waals surface area contributed by atoms with E-state index < -0.39 is 0 Å². The van der Waals surface area contributed by atoms with Gasteiger partial charge in [0.1, 0.15) is 5.82 Å². The number of ether oxygens (including phenoxy) is 1. The van der Waals surface area contributed by atoms with Crippen molar-refractivity contribution < 1.29 is 14.3 Å². The molecule has 1 aromatic heterocycles. The molecule has 1 aromatic carbocycles. The van der Waals surface area contributed by atoms with Gasteiger partial charge in [-0.3, -0.25) is 4.79 Å². The highest BCUT2D eigenvalue weighted by molar-refractivity contribution is 5.90. The normalized spacial score (nSPS) is 19.0. The fourth-order valence-electron chi connectivity index (χ4n) is 3.97. The largest absolute Gasteiger partial charge is 0.378 e. The quantitative estimate of drug-likeness (QED) is 0.772. The standard InChI is InChI=1S/C23H29N5O3/c29-22(25-16-18-8-9-24-21(15-18)27-11-13-31-14-12-27)19-5-4-10-28(17-19)23(30)26-20-6-2-1-3-7-20/h1-3,6-9,15,19H,4-5,10-14,16-17H2,(H,25,29)(H,26,30). The summed E-state index contributed by atoms with van der Waals surface area (Å²) >= 11 is 0. The van der Waals surface area contributed by atoms with E-state index in [0.29, 0.717) is 32.8 Å². The van der Waals surface area contributed by atoms with Crippen LogP contribution in [-0.4, -0.2) is 61.2 Å². The Morgan fingerprint density at radius 3 is 2.71 bits per heavy atom. The van der Waals surface area contributed by atoms with Gasteiger partial charge in [-0.05, 0) is 42.7 Å². The molecule has 2 saturated heterocycles. The number of carbonyl (C=O) groups is 2. The number of para-hydroxylation sites is 1. The first-order valence-corrected chi connectivity index (χ1v) is 10.9. The van der Waals surface area contributed by atoms with Crippen LogP contribution in [0.4, 0.5) is 16.3 Å². The lowest BCUT2D eigenvalue weighted by Crippen LogP contribution is -2.46. The van der Waals surface area contributed by atoms with E-state index in [2.05, 4.69) is 20.5 Å². The van der Waals surface area contributed by atoms with Crippen molar-refractivity contribution in [3.05, 3.63) is 54.2 Å². The minimum Gasteiger partial charge on any atom is -0.378 e. The number of piperidine rings is 1. The number of anilines is 2. The van der Waals surface area contributed by atoms with Gasteiger partial charge in [0.2, 0.25) is 5.91 Å². The molecule has 0 aliphatic carbocycles. The Hall–Kier alpha value is -3.13. The van der Waals surface area contributed by atoms with Crippen LogP contribution in [0.3, 0.4) is 0 Å². The van der Waals surface area contributed by atoms with Gasteiger partial charge in [-0.2, -0.15) is 0 Å². The van der Waals surface area contributed by atoms with Crippen LogP contribution in [0.5, 0.6) is 0 Å². The summed E-state index contributed by atoms with van der Waals surface area (Å²) < 4.78 is 5.40. The van der Waals surface area contributed by atoms with E-state index in [1.54, 1.807) is 11.1 Å². The average Bonchev–Trinajstić information content (AvgIpc) is 2.84. The Bertz CT molecular complexity index is 886. The molecule has 2 aliphatic heterocycles. The smallest absolute Gasteiger partial charge is 0.321 e. The molecule has 1 atom stereocenters. The second kappa shape index (κ2) is 10.3. The molecule has 2 N–H and O–H groups in total. The van der Waals surface area contributed by atoms with Crippen LogP contribution >= 0.6 is 0 Å². The molecule has 31 heavy (non-hydrogen) atoms. The summed E-state index contributed by atoms with van der Waals surface area (Å²) in [5.41, 5.74) is 1.77. The fraction of sp³-hybridized carbons (Fsp3) is 0.435. The van der Waals surface area contributed by atoms with Crippen LogP contribution in [-0.2, 0) is 16.1 Å². The van der Waals surface area contributed by atoms with Gasteiger partial charge in [-0.1, -0.05) is 18.2 Å².